The van der Waals surface area contributed by atoms with Gasteiger partial charge in [-0.1, -0.05) is 0 Å². The van der Waals surface area contributed by atoms with Crippen LogP contribution in [0.4, 0.5) is 0 Å². The van der Waals surface area contributed by atoms with E-state index in [0.29, 0.717) is 5.92 Å². The Morgan fingerprint density at radius 2 is 1.67 bits per heavy atom. The Kier molecular flexibility index (Phi) is 3.01. The first-order valence-electron chi connectivity index (χ1n) is 5.43. The molecule has 0 N–H and O–H groups in total. The monoisotopic (exact) mass is 194 g/mol. The van der Waals surface area contributed by atoms with Crippen LogP contribution in [-0.2, 0) is 0 Å². The van der Waals surface area contributed by atoms with Crippen molar-refractivity contribution in [2.45, 2.75) is 19.8 Å². The molecule has 0 aliphatic heterocycles. The van der Waals surface area contributed by atoms with Gasteiger partial charge in [-0.05, 0) is 0 Å². The summed E-state index contributed by atoms with van der Waals surface area (Å²) in [6.45, 7) is 6.64. The second kappa shape index (κ2) is 4.44. The Labute approximate surface area is 92.2 Å². The zero-order valence-electron chi connectivity index (χ0n) is 9.27. The van der Waals surface area contributed by atoms with E-state index in [1.54, 1.807) is 0 Å². The molecule has 1 heteroatoms. The third-order valence-electron chi connectivity index (χ3n) is 2.67. The van der Waals surface area contributed by atoms with Gasteiger partial charge >= 0.3 is 91.7 Å². The van der Waals surface area contributed by atoms with Crippen molar-refractivity contribution in [3.05, 3.63) is 54.0 Å². The van der Waals surface area contributed by atoms with Crippen LogP contribution in [0.25, 0.3) is 11.0 Å². The first-order chi connectivity index (χ1) is 7.29. The molecule has 0 bridgehead atoms. The topological polar surface area (TPSA) is 0 Å². The van der Waals surface area contributed by atoms with Crippen LogP contribution in [0.2, 0.25) is 0 Å². The fourth-order valence-electron chi connectivity index (χ4n) is 1.88. The molecule has 0 spiro atoms. The number of hydrogen-bond acceptors (Lipinski definition) is 0. The molecule has 0 aliphatic carbocycles. The third-order valence-corrected chi connectivity index (χ3v) is 2.67. The Morgan fingerprint density at radius 3 is 2.33 bits per heavy atom. The summed E-state index contributed by atoms with van der Waals surface area (Å²) in [5.41, 5.74) is 4.08. The number of rotatable bonds is 2. The van der Waals surface area contributed by atoms with E-state index in [4.69, 9.17) is 0 Å². The molecular formula is C14H15B. The Hall–Kier alpha value is -1.37. The van der Waals surface area contributed by atoms with Crippen molar-refractivity contribution >= 4 is 6.91 Å². The van der Waals surface area contributed by atoms with E-state index < -0.39 is 0 Å². The van der Waals surface area contributed by atoms with E-state index in [9.17, 15) is 0 Å². The van der Waals surface area contributed by atoms with Crippen LogP contribution in [-0.4, -0.2) is 6.91 Å². The standard InChI is InChI=1S/C14H15B/c1-11(2)12-7-3-4-8-13(12)14-9-5-6-10-15-14/h3-11H,1-2H3. The zero-order chi connectivity index (χ0) is 10.7. The summed E-state index contributed by atoms with van der Waals surface area (Å²) in [5, 5.41) is 0. The van der Waals surface area contributed by atoms with Gasteiger partial charge in [0.1, 0.15) is 0 Å². The van der Waals surface area contributed by atoms with Gasteiger partial charge < -0.3 is 0 Å². The summed E-state index contributed by atoms with van der Waals surface area (Å²) in [7, 11) is 0. The molecule has 0 fully saturated rings. The molecule has 15 heavy (non-hydrogen) atoms. The Balaban J connectivity index is 2.53. The quantitative estimate of drug-likeness (QED) is 0.681. The van der Waals surface area contributed by atoms with Crippen LogP contribution in [0.1, 0.15) is 25.3 Å². The molecule has 74 valence electrons. The van der Waals surface area contributed by atoms with E-state index in [1.165, 1.54) is 16.6 Å². The van der Waals surface area contributed by atoms with Gasteiger partial charge in [-0.3, -0.25) is 0 Å². The van der Waals surface area contributed by atoms with Gasteiger partial charge in [0.05, 0.1) is 0 Å². The fourth-order valence-corrected chi connectivity index (χ4v) is 1.88. The fraction of sp³-hybridized carbons (Fsp3) is 0.214. The molecule has 0 nitrogen and oxygen atoms in total. The molecule has 1 aromatic heterocycles. The van der Waals surface area contributed by atoms with Gasteiger partial charge in [-0.15, -0.1) is 0 Å². The maximum atomic E-state index is 2.24. The van der Waals surface area contributed by atoms with E-state index >= 15 is 0 Å². The summed E-state index contributed by atoms with van der Waals surface area (Å²) in [6, 6.07) is 14.9. The van der Waals surface area contributed by atoms with E-state index in [0.717, 1.165) is 0 Å². The molecular weight excluding hydrogens is 179 g/mol. The Bertz CT molecular complexity index is 432. The summed E-state index contributed by atoms with van der Waals surface area (Å²) < 4.78 is 0. The number of benzene rings is 1. The summed E-state index contributed by atoms with van der Waals surface area (Å²) >= 11 is 0. The van der Waals surface area contributed by atoms with Gasteiger partial charge in [0, 0.05) is 0 Å². The average Bonchev–Trinajstić information content (AvgIpc) is 2.30. The molecule has 0 saturated heterocycles. The molecule has 0 atom stereocenters. The van der Waals surface area contributed by atoms with Gasteiger partial charge in [0.15, 0.2) is 0 Å². The molecule has 0 aliphatic rings. The first-order valence-corrected chi connectivity index (χ1v) is 5.43. The van der Waals surface area contributed by atoms with Crippen LogP contribution in [0.3, 0.4) is 0 Å². The van der Waals surface area contributed by atoms with Gasteiger partial charge in [0.25, 0.3) is 0 Å². The van der Waals surface area contributed by atoms with Crippen molar-refractivity contribution in [2.24, 2.45) is 0 Å². The molecule has 2 aromatic rings. The normalized spacial score (nSPS) is 10.3. The van der Waals surface area contributed by atoms with Crippen LogP contribution in [0.15, 0.2) is 48.4 Å². The van der Waals surface area contributed by atoms with Gasteiger partial charge in [-0.25, -0.2) is 0 Å². The predicted molar refractivity (Wildman–Crippen MR) is 67.3 cm³/mol. The maximum absolute atomic E-state index is 2.24. The van der Waals surface area contributed by atoms with Crippen molar-refractivity contribution in [2.75, 3.05) is 0 Å². The molecule has 0 unspecified atom stereocenters. The third kappa shape index (κ3) is 2.17. The van der Waals surface area contributed by atoms with Crippen LogP contribution in [0.5, 0.6) is 0 Å². The molecule has 1 heterocycles. The molecule has 1 aromatic carbocycles. The zero-order valence-corrected chi connectivity index (χ0v) is 9.27. The van der Waals surface area contributed by atoms with Gasteiger partial charge in [-0.2, -0.15) is 0 Å². The molecule has 2 rings (SSSR count). The second-order valence-electron chi connectivity index (χ2n) is 4.11. The van der Waals surface area contributed by atoms with E-state index in [2.05, 4.69) is 69.2 Å². The second-order valence-corrected chi connectivity index (χ2v) is 4.11. The molecule has 0 amide bonds. The minimum absolute atomic E-state index is 0.571. The van der Waals surface area contributed by atoms with Crippen LogP contribution in [0, 0.1) is 0 Å². The minimum atomic E-state index is 0.571. The number of hydrogen-bond donors (Lipinski definition) is 0. The predicted octanol–water partition coefficient (Wildman–Crippen LogP) is 3.82. The van der Waals surface area contributed by atoms with Crippen molar-refractivity contribution < 1.29 is 0 Å². The van der Waals surface area contributed by atoms with Crippen molar-refractivity contribution in [1.82, 2.24) is 0 Å². The summed E-state index contributed by atoms with van der Waals surface area (Å²) in [4.78, 5) is 0. The Morgan fingerprint density at radius 1 is 0.933 bits per heavy atom. The van der Waals surface area contributed by atoms with Crippen LogP contribution >= 0.6 is 0 Å². The van der Waals surface area contributed by atoms with Crippen molar-refractivity contribution in [1.29, 1.82) is 0 Å². The van der Waals surface area contributed by atoms with E-state index in [-0.39, 0.29) is 0 Å². The summed E-state index contributed by atoms with van der Waals surface area (Å²) in [6.07, 6.45) is 0. The molecule has 0 radical (unpaired) electrons. The molecule has 0 saturated carbocycles. The van der Waals surface area contributed by atoms with Crippen molar-refractivity contribution in [3.8, 4) is 11.0 Å². The van der Waals surface area contributed by atoms with Crippen molar-refractivity contribution in [3.63, 3.8) is 0 Å². The van der Waals surface area contributed by atoms with E-state index in [1.807, 2.05) is 0 Å². The van der Waals surface area contributed by atoms with Crippen LogP contribution < -0.4 is 0 Å². The summed E-state index contributed by atoms with van der Waals surface area (Å²) in [5.74, 6) is 2.66. The first kappa shape index (κ1) is 10.2. The average molecular weight is 194 g/mol. The van der Waals surface area contributed by atoms with Gasteiger partial charge in [0.2, 0.25) is 0 Å². The SMILES string of the molecule is CC(C)c1ccccc1-c1bcccc1.